The first kappa shape index (κ1) is 20.1. The van der Waals surface area contributed by atoms with Gasteiger partial charge in [0.1, 0.15) is 0 Å². The Morgan fingerprint density at radius 3 is 2.24 bits per heavy atom. The molecule has 140 valence electrons. The summed E-state index contributed by atoms with van der Waals surface area (Å²) in [4.78, 5) is 10.2. The minimum atomic E-state index is -3.38. The summed E-state index contributed by atoms with van der Waals surface area (Å²) in [7, 11) is -3.38. The molecule has 0 amide bonds. The van der Waals surface area contributed by atoms with Gasteiger partial charge >= 0.3 is 0 Å². The van der Waals surface area contributed by atoms with E-state index in [0.717, 1.165) is 25.3 Å². The first-order valence-electron chi connectivity index (χ1n) is 8.38. The molecule has 0 spiro atoms. The van der Waals surface area contributed by atoms with Crippen molar-refractivity contribution in [3.63, 3.8) is 0 Å². The maximum atomic E-state index is 12.5. The lowest BCUT2D eigenvalue weighted by Gasteiger charge is -2.31. The Hall–Kier alpha value is -1.22. The van der Waals surface area contributed by atoms with E-state index in [0.29, 0.717) is 24.7 Å². The molecule has 1 saturated carbocycles. The fraction of sp³-hybridized carbons (Fsp3) is 0.625. The monoisotopic (exact) mass is 389 g/mol. The van der Waals surface area contributed by atoms with Gasteiger partial charge in [-0.25, -0.2) is 12.7 Å². The van der Waals surface area contributed by atoms with Crippen LogP contribution in [0.1, 0.15) is 31.2 Å². The molecule has 1 aromatic carbocycles. The quantitative estimate of drug-likeness (QED) is 0.570. The summed E-state index contributed by atoms with van der Waals surface area (Å²) in [5, 5.41) is 14.2. The number of piperidine rings is 1. The number of hydrogen-bond donors (Lipinski definition) is 1. The van der Waals surface area contributed by atoms with E-state index >= 15 is 0 Å². The molecule has 1 aromatic rings. The van der Waals surface area contributed by atoms with Gasteiger partial charge in [-0.2, -0.15) is 0 Å². The second kappa shape index (κ2) is 8.44. The van der Waals surface area contributed by atoms with Crippen molar-refractivity contribution in [2.45, 2.75) is 37.5 Å². The number of nitrogens with one attached hydrogen (secondary N) is 1. The average molecular weight is 390 g/mol. The Labute approximate surface area is 154 Å². The highest BCUT2D eigenvalue weighted by Crippen LogP contribution is 2.28. The van der Waals surface area contributed by atoms with Crippen LogP contribution < -0.4 is 5.32 Å². The zero-order valence-corrected chi connectivity index (χ0v) is 15.6. The third-order valence-corrected chi connectivity index (χ3v) is 6.59. The molecule has 1 heterocycles. The number of rotatable bonds is 7. The van der Waals surface area contributed by atoms with Crippen molar-refractivity contribution >= 4 is 28.1 Å². The van der Waals surface area contributed by atoms with Crippen LogP contribution in [-0.4, -0.2) is 43.3 Å². The van der Waals surface area contributed by atoms with Gasteiger partial charge in [0.15, 0.2) is 0 Å². The van der Waals surface area contributed by atoms with E-state index in [1.54, 1.807) is 4.31 Å². The number of hydrogen-bond acceptors (Lipinski definition) is 5. The Balaban J connectivity index is 0.00000225. The number of nitro groups is 1. The van der Waals surface area contributed by atoms with Crippen LogP contribution in [0, 0.1) is 16.0 Å². The van der Waals surface area contributed by atoms with Crippen molar-refractivity contribution in [1.82, 2.24) is 9.62 Å². The smallest absolute Gasteiger partial charge is 0.269 e. The third-order valence-electron chi connectivity index (χ3n) is 4.74. The molecule has 0 radical (unpaired) electrons. The summed E-state index contributed by atoms with van der Waals surface area (Å²) >= 11 is 0. The predicted molar refractivity (Wildman–Crippen MR) is 98.3 cm³/mol. The predicted octanol–water partition coefficient (Wildman–Crippen LogP) is 2.31. The molecular formula is C16H24ClN3O4S. The lowest BCUT2D eigenvalue weighted by Crippen LogP contribution is -2.45. The van der Waals surface area contributed by atoms with Crippen LogP contribution in [0.15, 0.2) is 24.3 Å². The van der Waals surface area contributed by atoms with E-state index in [9.17, 15) is 18.5 Å². The SMILES string of the molecule is Cl.O=[N+]([O-])c1ccc(CS(=O)(=O)N2CCC(NCC3CC3)CC2)cc1. The second-order valence-electron chi connectivity index (χ2n) is 6.70. The lowest BCUT2D eigenvalue weighted by atomic mass is 10.1. The van der Waals surface area contributed by atoms with E-state index in [-0.39, 0.29) is 23.8 Å². The van der Waals surface area contributed by atoms with Crippen LogP contribution in [0.2, 0.25) is 0 Å². The van der Waals surface area contributed by atoms with Crippen LogP contribution >= 0.6 is 12.4 Å². The Morgan fingerprint density at radius 2 is 1.72 bits per heavy atom. The van der Waals surface area contributed by atoms with Gasteiger partial charge in [-0.3, -0.25) is 10.1 Å². The van der Waals surface area contributed by atoms with Gasteiger partial charge in [0.25, 0.3) is 5.69 Å². The first-order valence-corrected chi connectivity index (χ1v) is 9.99. The zero-order chi connectivity index (χ0) is 17.2. The summed E-state index contributed by atoms with van der Waals surface area (Å²) in [6.45, 7) is 2.13. The molecular weight excluding hydrogens is 366 g/mol. The molecule has 9 heteroatoms. The fourth-order valence-electron chi connectivity index (χ4n) is 3.01. The molecule has 1 aliphatic carbocycles. The van der Waals surface area contributed by atoms with Gasteiger partial charge in [0.05, 0.1) is 10.7 Å². The summed E-state index contributed by atoms with van der Waals surface area (Å²) < 4.78 is 26.6. The standard InChI is InChI=1S/C16H23N3O4S.ClH/c20-19(21)16-5-3-14(4-6-16)12-24(22,23)18-9-7-15(8-10-18)17-11-13-1-2-13;/h3-6,13,15,17H,1-2,7-12H2;1H. The molecule has 1 aliphatic heterocycles. The highest BCUT2D eigenvalue weighted by Gasteiger charge is 2.29. The number of sulfonamides is 1. The van der Waals surface area contributed by atoms with Crippen LogP contribution in [-0.2, 0) is 15.8 Å². The van der Waals surface area contributed by atoms with Gasteiger partial charge in [-0.1, -0.05) is 12.1 Å². The van der Waals surface area contributed by atoms with E-state index in [4.69, 9.17) is 0 Å². The average Bonchev–Trinajstić information content (AvgIpc) is 3.38. The van der Waals surface area contributed by atoms with Crippen LogP contribution in [0.3, 0.4) is 0 Å². The molecule has 2 aliphatic rings. The maximum absolute atomic E-state index is 12.5. The summed E-state index contributed by atoms with van der Waals surface area (Å²) in [6.07, 6.45) is 4.31. The second-order valence-corrected chi connectivity index (χ2v) is 8.67. The lowest BCUT2D eigenvalue weighted by molar-refractivity contribution is -0.384. The molecule has 1 N–H and O–H groups in total. The number of nitrogens with zero attached hydrogens (tertiary/aromatic N) is 2. The van der Waals surface area contributed by atoms with E-state index in [2.05, 4.69) is 5.32 Å². The van der Waals surface area contributed by atoms with Crippen LogP contribution in [0.4, 0.5) is 5.69 Å². The molecule has 25 heavy (non-hydrogen) atoms. The van der Waals surface area contributed by atoms with Crippen molar-refractivity contribution in [2.24, 2.45) is 5.92 Å². The minimum Gasteiger partial charge on any atom is -0.314 e. The Bertz CT molecular complexity index is 684. The molecule has 0 aromatic heterocycles. The highest BCUT2D eigenvalue weighted by atomic mass is 35.5. The fourth-order valence-corrected chi connectivity index (χ4v) is 4.57. The van der Waals surface area contributed by atoms with Crippen molar-refractivity contribution < 1.29 is 13.3 Å². The van der Waals surface area contributed by atoms with Crippen molar-refractivity contribution in [3.8, 4) is 0 Å². The van der Waals surface area contributed by atoms with Crippen molar-refractivity contribution in [1.29, 1.82) is 0 Å². The molecule has 0 bridgehead atoms. The summed E-state index contributed by atoms with van der Waals surface area (Å²) in [5.74, 6) is 0.722. The topological polar surface area (TPSA) is 92.5 Å². The Kier molecular flexibility index (Phi) is 6.79. The third kappa shape index (κ3) is 5.64. The van der Waals surface area contributed by atoms with Crippen molar-refractivity contribution in [3.05, 3.63) is 39.9 Å². The number of benzene rings is 1. The van der Waals surface area contributed by atoms with Crippen LogP contribution in [0.5, 0.6) is 0 Å². The largest absolute Gasteiger partial charge is 0.314 e. The molecule has 3 rings (SSSR count). The molecule has 1 saturated heterocycles. The van der Waals surface area contributed by atoms with E-state index in [1.807, 2.05) is 0 Å². The number of non-ortho nitro benzene ring substituents is 1. The zero-order valence-electron chi connectivity index (χ0n) is 14.0. The molecule has 0 atom stereocenters. The maximum Gasteiger partial charge on any atom is 0.269 e. The van der Waals surface area contributed by atoms with Gasteiger partial charge < -0.3 is 5.32 Å². The van der Waals surface area contributed by atoms with E-state index < -0.39 is 14.9 Å². The summed E-state index contributed by atoms with van der Waals surface area (Å²) in [5.41, 5.74) is 0.549. The number of halogens is 1. The van der Waals surface area contributed by atoms with Crippen molar-refractivity contribution in [2.75, 3.05) is 19.6 Å². The normalized spacial score (nSPS) is 19.4. The van der Waals surface area contributed by atoms with E-state index in [1.165, 1.54) is 37.1 Å². The van der Waals surface area contributed by atoms with Gasteiger partial charge in [-0.05, 0) is 43.7 Å². The van der Waals surface area contributed by atoms with Gasteiger partial charge in [-0.15, -0.1) is 12.4 Å². The van der Waals surface area contributed by atoms with Gasteiger partial charge in [0.2, 0.25) is 10.0 Å². The first-order chi connectivity index (χ1) is 11.4. The van der Waals surface area contributed by atoms with Gasteiger partial charge in [0, 0.05) is 31.3 Å². The number of nitro benzene ring substituents is 1. The highest BCUT2D eigenvalue weighted by molar-refractivity contribution is 7.88. The Morgan fingerprint density at radius 1 is 1.12 bits per heavy atom. The van der Waals surface area contributed by atoms with Crippen LogP contribution in [0.25, 0.3) is 0 Å². The molecule has 0 unspecified atom stereocenters. The molecule has 7 nitrogen and oxygen atoms in total. The molecule has 2 fully saturated rings. The minimum absolute atomic E-state index is 0. The summed E-state index contributed by atoms with van der Waals surface area (Å²) in [6, 6.07) is 6.13.